The van der Waals surface area contributed by atoms with Crippen molar-refractivity contribution in [2.75, 3.05) is 0 Å². The molecule has 2 fully saturated rings. The van der Waals surface area contributed by atoms with Crippen molar-refractivity contribution >= 4 is 11.6 Å². The largest absolute Gasteiger partial charge is 0.300 e. The second-order valence-electron chi connectivity index (χ2n) is 5.45. The van der Waals surface area contributed by atoms with E-state index >= 15 is 0 Å². The third kappa shape index (κ3) is 0.918. The Balaban J connectivity index is 2.35. The van der Waals surface area contributed by atoms with Gasteiger partial charge in [0.25, 0.3) is 0 Å². The van der Waals surface area contributed by atoms with Crippen LogP contribution in [0.1, 0.15) is 46.5 Å². The first kappa shape index (κ1) is 9.88. The van der Waals surface area contributed by atoms with E-state index in [0.717, 1.165) is 12.8 Å². The van der Waals surface area contributed by atoms with Crippen LogP contribution in [0.3, 0.4) is 0 Å². The van der Waals surface area contributed by atoms with Gasteiger partial charge in [-0.15, -0.1) is 0 Å². The molecule has 0 aromatic rings. The van der Waals surface area contributed by atoms with Gasteiger partial charge in [-0.25, -0.2) is 0 Å². The molecule has 3 atom stereocenters. The Bertz CT molecular complexity index is 307. The molecule has 0 bridgehead atoms. The lowest BCUT2D eigenvalue weighted by molar-refractivity contribution is -0.162. The number of carbonyl (C=O) groups is 2. The van der Waals surface area contributed by atoms with E-state index in [1.54, 1.807) is 6.92 Å². The first-order chi connectivity index (χ1) is 6.42. The van der Waals surface area contributed by atoms with E-state index in [1.807, 2.05) is 0 Å². The molecule has 2 heteroatoms. The molecular weight excluding hydrogens is 176 g/mol. The fourth-order valence-electron chi connectivity index (χ4n) is 3.74. The Kier molecular flexibility index (Phi) is 1.89. The van der Waals surface area contributed by atoms with Gasteiger partial charge in [0.1, 0.15) is 11.6 Å². The van der Waals surface area contributed by atoms with Crippen LogP contribution in [0.5, 0.6) is 0 Å². The Morgan fingerprint density at radius 2 is 2.21 bits per heavy atom. The second kappa shape index (κ2) is 2.68. The van der Waals surface area contributed by atoms with Crippen molar-refractivity contribution < 1.29 is 9.59 Å². The fraction of sp³-hybridized carbons (Fsp3) is 0.833. The third-order valence-electron chi connectivity index (χ3n) is 4.62. The number of hydrogen-bond donors (Lipinski definition) is 0. The van der Waals surface area contributed by atoms with Crippen LogP contribution in [0.15, 0.2) is 0 Å². The molecule has 2 saturated carbocycles. The van der Waals surface area contributed by atoms with E-state index in [9.17, 15) is 9.59 Å². The summed E-state index contributed by atoms with van der Waals surface area (Å²) in [5.41, 5.74) is -0.145. The lowest BCUT2D eigenvalue weighted by Gasteiger charge is -2.54. The summed E-state index contributed by atoms with van der Waals surface area (Å²) in [5, 5.41) is 0. The van der Waals surface area contributed by atoms with E-state index in [0.29, 0.717) is 24.5 Å². The zero-order valence-corrected chi connectivity index (χ0v) is 9.22. The zero-order valence-electron chi connectivity index (χ0n) is 9.22. The monoisotopic (exact) mass is 194 g/mol. The number of Topliss-reactive ketones (excluding diaryl/α,β-unsaturated/α-hetero) is 2. The van der Waals surface area contributed by atoms with Crippen LogP contribution in [0.4, 0.5) is 0 Å². The highest BCUT2D eigenvalue weighted by Gasteiger charge is 2.68. The van der Waals surface area contributed by atoms with Crippen LogP contribution >= 0.6 is 0 Å². The summed E-state index contributed by atoms with van der Waals surface area (Å²) in [5.74, 6) is 0.899. The van der Waals surface area contributed by atoms with Gasteiger partial charge in [0, 0.05) is 18.3 Å². The van der Waals surface area contributed by atoms with Gasteiger partial charge in [0.2, 0.25) is 0 Å². The van der Waals surface area contributed by atoms with Crippen molar-refractivity contribution in [2.24, 2.45) is 16.7 Å². The number of carbonyl (C=O) groups excluding carboxylic acids is 2. The van der Waals surface area contributed by atoms with E-state index < -0.39 is 0 Å². The van der Waals surface area contributed by atoms with Crippen LogP contribution in [0.25, 0.3) is 0 Å². The van der Waals surface area contributed by atoms with E-state index in [4.69, 9.17) is 0 Å². The van der Waals surface area contributed by atoms with Crippen LogP contribution in [0, 0.1) is 16.7 Å². The van der Waals surface area contributed by atoms with Crippen LogP contribution in [-0.2, 0) is 9.59 Å². The summed E-state index contributed by atoms with van der Waals surface area (Å²) in [6.07, 6.45) is 3.40. The summed E-state index contributed by atoms with van der Waals surface area (Å²) in [6.45, 7) is 5.91. The Labute approximate surface area is 85.1 Å². The quantitative estimate of drug-likeness (QED) is 0.676. The Morgan fingerprint density at radius 1 is 1.57 bits per heavy atom. The standard InChI is InChI=1S/C12H18O2/c1-8-4-5-11(3)7-10(14)12(8,11)6-9(2)13/h8H,4-7H2,1-3H3/t8-,11-,12+/m1/s1. The molecule has 0 radical (unpaired) electrons. The normalized spacial score (nSPS) is 45.9. The predicted molar refractivity (Wildman–Crippen MR) is 53.9 cm³/mol. The molecule has 78 valence electrons. The Morgan fingerprint density at radius 3 is 2.64 bits per heavy atom. The highest BCUT2D eigenvalue weighted by molar-refractivity contribution is 5.97. The van der Waals surface area contributed by atoms with E-state index in [-0.39, 0.29) is 16.6 Å². The minimum atomic E-state index is -0.279. The van der Waals surface area contributed by atoms with Gasteiger partial charge >= 0.3 is 0 Å². The van der Waals surface area contributed by atoms with E-state index in [2.05, 4.69) is 13.8 Å². The molecule has 2 aliphatic carbocycles. The molecule has 2 rings (SSSR count). The molecule has 0 heterocycles. The zero-order chi connectivity index (χ0) is 10.6. The van der Waals surface area contributed by atoms with Gasteiger partial charge < -0.3 is 0 Å². The third-order valence-corrected chi connectivity index (χ3v) is 4.62. The molecule has 0 aliphatic heterocycles. The molecule has 0 spiro atoms. The maximum Gasteiger partial charge on any atom is 0.140 e. The van der Waals surface area contributed by atoms with Crippen LogP contribution in [0.2, 0.25) is 0 Å². The molecule has 2 nitrogen and oxygen atoms in total. The Hall–Kier alpha value is -0.660. The lowest BCUT2D eigenvalue weighted by atomic mass is 9.47. The molecule has 0 aromatic heterocycles. The van der Waals surface area contributed by atoms with Gasteiger partial charge in [0.15, 0.2) is 0 Å². The van der Waals surface area contributed by atoms with Gasteiger partial charge in [0.05, 0.1) is 0 Å². The maximum absolute atomic E-state index is 11.8. The summed E-state index contributed by atoms with van der Waals surface area (Å²) in [6, 6.07) is 0. The van der Waals surface area contributed by atoms with Crippen molar-refractivity contribution in [1.82, 2.24) is 0 Å². The molecule has 0 saturated heterocycles. The number of hydrogen-bond acceptors (Lipinski definition) is 2. The molecule has 2 aliphatic rings. The van der Waals surface area contributed by atoms with Gasteiger partial charge in [-0.1, -0.05) is 13.8 Å². The molecule has 0 unspecified atom stereocenters. The highest BCUT2D eigenvalue weighted by atomic mass is 16.1. The number of ketones is 2. The first-order valence-electron chi connectivity index (χ1n) is 5.45. The SMILES string of the molecule is CC(=O)C[C@]12C(=O)C[C@@]1(C)CC[C@H]2C. The molecule has 0 N–H and O–H groups in total. The summed E-state index contributed by atoms with van der Waals surface area (Å²) < 4.78 is 0. The summed E-state index contributed by atoms with van der Waals surface area (Å²) in [4.78, 5) is 23.1. The van der Waals surface area contributed by atoms with E-state index in [1.165, 1.54) is 0 Å². The lowest BCUT2D eigenvalue weighted by Crippen LogP contribution is -2.57. The molecule has 0 amide bonds. The minimum Gasteiger partial charge on any atom is -0.300 e. The smallest absolute Gasteiger partial charge is 0.140 e. The average molecular weight is 194 g/mol. The minimum absolute atomic E-state index is 0.134. The predicted octanol–water partition coefficient (Wildman–Crippen LogP) is 2.36. The van der Waals surface area contributed by atoms with Crippen molar-refractivity contribution in [3.63, 3.8) is 0 Å². The molecular formula is C12H18O2. The van der Waals surface area contributed by atoms with Crippen LogP contribution in [-0.4, -0.2) is 11.6 Å². The van der Waals surface area contributed by atoms with Gasteiger partial charge in [-0.05, 0) is 31.1 Å². The number of rotatable bonds is 2. The topological polar surface area (TPSA) is 34.1 Å². The maximum atomic E-state index is 11.8. The average Bonchev–Trinajstić information content (AvgIpc) is 2.26. The van der Waals surface area contributed by atoms with Gasteiger partial charge in [-0.3, -0.25) is 9.59 Å². The fourth-order valence-corrected chi connectivity index (χ4v) is 3.74. The highest BCUT2D eigenvalue weighted by Crippen LogP contribution is 2.68. The van der Waals surface area contributed by atoms with Crippen LogP contribution < -0.4 is 0 Å². The van der Waals surface area contributed by atoms with Gasteiger partial charge in [-0.2, -0.15) is 0 Å². The summed E-state index contributed by atoms with van der Waals surface area (Å²) in [7, 11) is 0. The molecule has 0 aromatic carbocycles. The first-order valence-corrected chi connectivity index (χ1v) is 5.45. The van der Waals surface area contributed by atoms with Crippen molar-refractivity contribution in [3.05, 3.63) is 0 Å². The summed E-state index contributed by atoms with van der Waals surface area (Å²) >= 11 is 0. The van der Waals surface area contributed by atoms with Crippen molar-refractivity contribution in [1.29, 1.82) is 0 Å². The number of fused-ring (bicyclic) bond motifs is 1. The second-order valence-corrected chi connectivity index (χ2v) is 5.45. The van der Waals surface area contributed by atoms with Crippen molar-refractivity contribution in [2.45, 2.75) is 46.5 Å². The molecule has 14 heavy (non-hydrogen) atoms. The van der Waals surface area contributed by atoms with Crippen molar-refractivity contribution in [3.8, 4) is 0 Å².